The van der Waals surface area contributed by atoms with E-state index in [9.17, 15) is 10.1 Å². The molecule has 66 valence electrons. The molecular formula is C8H6N2O2S. The number of nitro benzene ring substituents is 1. The summed E-state index contributed by atoms with van der Waals surface area (Å²) < 4.78 is 4.94. The van der Waals surface area contributed by atoms with Crippen LogP contribution in [0.2, 0.25) is 0 Å². The molecule has 0 amide bonds. The summed E-state index contributed by atoms with van der Waals surface area (Å²) in [6.07, 6.45) is 0. The highest BCUT2D eigenvalue weighted by atomic mass is 32.1. The largest absolute Gasteiger partial charge is 0.279 e. The van der Waals surface area contributed by atoms with Crippen LogP contribution in [0.15, 0.2) is 18.2 Å². The Balaban J connectivity index is 2.88. The molecule has 0 saturated heterocycles. The number of aryl methyl sites for hydroxylation is 1. The van der Waals surface area contributed by atoms with Gasteiger partial charge in [0.25, 0.3) is 5.69 Å². The average Bonchev–Trinajstić information content (AvgIpc) is 2.48. The van der Waals surface area contributed by atoms with Crippen LogP contribution in [-0.4, -0.2) is 9.30 Å². The Kier molecular flexibility index (Phi) is 1.73. The number of non-ortho nitro benzene ring substituents is 1. The second-order valence-electron chi connectivity index (χ2n) is 2.68. The fourth-order valence-electron chi connectivity index (χ4n) is 1.27. The lowest BCUT2D eigenvalue weighted by Gasteiger charge is -1.92. The van der Waals surface area contributed by atoms with Crippen molar-refractivity contribution in [1.29, 1.82) is 0 Å². The third-order valence-electron chi connectivity index (χ3n) is 1.84. The minimum atomic E-state index is -0.371. The molecule has 0 bridgehead atoms. The molecule has 1 heterocycles. The number of nitrogens with zero attached hydrogens (tertiary/aromatic N) is 2. The van der Waals surface area contributed by atoms with Gasteiger partial charge in [0.2, 0.25) is 0 Å². The van der Waals surface area contributed by atoms with Crippen LogP contribution < -0.4 is 0 Å². The number of rotatable bonds is 1. The second kappa shape index (κ2) is 2.77. The third kappa shape index (κ3) is 1.17. The zero-order valence-corrected chi connectivity index (χ0v) is 7.67. The van der Waals surface area contributed by atoms with Crippen molar-refractivity contribution in [2.75, 3.05) is 0 Å². The molecule has 0 aliphatic heterocycles. The highest BCUT2D eigenvalue weighted by molar-refractivity contribution is 7.13. The molecule has 1 aromatic heterocycles. The Bertz CT molecular complexity index is 478. The van der Waals surface area contributed by atoms with Crippen molar-refractivity contribution in [3.05, 3.63) is 34.0 Å². The zero-order valence-electron chi connectivity index (χ0n) is 6.85. The third-order valence-corrected chi connectivity index (χ3v) is 2.75. The molecule has 0 aliphatic carbocycles. The van der Waals surface area contributed by atoms with Gasteiger partial charge in [0.1, 0.15) is 0 Å². The smallest absolute Gasteiger partial charge is 0.258 e. The van der Waals surface area contributed by atoms with Crippen LogP contribution >= 0.6 is 11.5 Å². The van der Waals surface area contributed by atoms with Crippen LogP contribution in [-0.2, 0) is 0 Å². The first-order valence-corrected chi connectivity index (χ1v) is 4.47. The molecule has 2 rings (SSSR count). The SMILES string of the molecule is Cc1nsc2cccc([N+](=O)[O-])c12. The predicted octanol–water partition coefficient (Wildman–Crippen LogP) is 2.51. The average molecular weight is 194 g/mol. The summed E-state index contributed by atoms with van der Waals surface area (Å²) in [7, 11) is 0. The molecule has 0 atom stereocenters. The van der Waals surface area contributed by atoms with Gasteiger partial charge in [-0.25, -0.2) is 0 Å². The zero-order chi connectivity index (χ0) is 9.42. The summed E-state index contributed by atoms with van der Waals surface area (Å²) in [5, 5.41) is 11.3. The van der Waals surface area contributed by atoms with Gasteiger partial charge in [-0.15, -0.1) is 0 Å². The lowest BCUT2D eigenvalue weighted by Crippen LogP contribution is -1.88. The molecule has 4 nitrogen and oxygen atoms in total. The number of nitro groups is 1. The monoisotopic (exact) mass is 194 g/mol. The summed E-state index contributed by atoms with van der Waals surface area (Å²) in [6, 6.07) is 5.02. The summed E-state index contributed by atoms with van der Waals surface area (Å²) in [5.41, 5.74) is 0.871. The Labute approximate surface area is 78.1 Å². The van der Waals surface area contributed by atoms with Gasteiger partial charge in [-0.2, -0.15) is 4.37 Å². The Morgan fingerprint density at radius 1 is 1.54 bits per heavy atom. The highest BCUT2D eigenvalue weighted by Crippen LogP contribution is 2.30. The first-order valence-electron chi connectivity index (χ1n) is 3.69. The van der Waals surface area contributed by atoms with E-state index in [0.29, 0.717) is 5.39 Å². The highest BCUT2D eigenvalue weighted by Gasteiger charge is 2.15. The van der Waals surface area contributed by atoms with Crippen LogP contribution in [0.25, 0.3) is 10.1 Å². The van der Waals surface area contributed by atoms with Gasteiger partial charge in [0.05, 0.1) is 20.7 Å². The van der Waals surface area contributed by atoms with Crippen molar-refractivity contribution in [3.63, 3.8) is 0 Å². The maximum absolute atomic E-state index is 10.6. The number of fused-ring (bicyclic) bond motifs is 1. The molecule has 0 N–H and O–H groups in total. The molecule has 1 aromatic carbocycles. The van der Waals surface area contributed by atoms with Crippen molar-refractivity contribution in [2.45, 2.75) is 6.92 Å². The number of benzene rings is 1. The van der Waals surface area contributed by atoms with E-state index in [0.717, 1.165) is 10.4 Å². The van der Waals surface area contributed by atoms with Gasteiger partial charge < -0.3 is 0 Å². The van der Waals surface area contributed by atoms with Gasteiger partial charge in [0, 0.05) is 6.07 Å². The quantitative estimate of drug-likeness (QED) is 0.517. The minimum Gasteiger partial charge on any atom is -0.258 e. The van der Waals surface area contributed by atoms with E-state index in [1.54, 1.807) is 13.0 Å². The van der Waals surface area contributed by atoms with Gasteiger partial charge in [-0.3, -0.25) is 10.1 Å². The lowest BCUT2D eigenvalue weighted by molar-refractivity contribution is -0.383. The summed E-state index contributed by atoms with van der Waals surface area (Å²) in [6.45, 7) is 1.78. The van der Waals surface area contributed by atoms with Crippen molar-refractivity contribution < 1.29 is 4.92 Å². The van der Waals surface area contributed by atoms with Gasteiger partial charge in [-0.05, 0) is 24.5 Å². The molecule has 0 fully saturated rings. The molecular weight excluding hydrogens is 188 g/mol. The number of hydrogen-bond acceptors (Lipinski definition) is 4. The molecule has 0 radical (unpaired) electrons. The van der Waals surface area contributed by atoms with Gasteiger partial charge >= 0.3 is 0 Å². The van der Waals surface area contributed by atoms with Crippen molar-refractivity contribution >= 4 is 27.3 Å². The van der Waals surface area contributed by atoms with Crippen LogP contribution in [0.5, 0.6) is 0 Å². The number of hydrogen-bond donors (Lipinski definition) is 0. The van der Waals surface area contributed by atoms with Crippen molar-refractivity contribution in [1.82, 2.24) is 4.37 Å². The van der Waals surface area contributed by atoms with Crippen LogP contribution in [0.3, 0.4) is 0 Å². The maximum atomic E-state index is 10.6. The molecule has 13 heavy (non-hydrogen) atoms. The van der Waals surface area contributed by atoms with E-state index in [1.165, 1.54) is 17.6 Å². The maximum Gasteiger partial charge on any atom is 0.279 e. The Morgan fingerprint density at radius 2 is 2.31 bits per heavy atom. The summed E-state index contributed by atoms with van der Waals surface area (Å²) >= 11 is 1.29. The molecule has 0 aliphatic rings. The second-order valence-corrected chi connectivity index (χ2v) is 3.48. The molecule has 0 spiro atoms. The normalized spacial score (nSPS) is 10.5. The van der Waals surface area contributed by atoms with Crippen LogP contribution in [0.1, 0.15) is 5.69 Å². The standard InChI is InChI=1S/C8H6N2O2S/c1-5-8-6(10(11)12)3-2-4-7(8)13-9-5/h2-4H,1H3. The molecule has 2 aromatic rings. The van der Waals surface area contributed by atoms with Crippen LogP contribution in [0, 0.1) is 17.0 Å². The first kappa shape index (κ1) is 8.12. The van der Waals surface area contributed by atoms with Crippen LogP contribution in [0.4, 0.5) is 5.69 Å². The van der Waals surface area contributed by atoms with E-state index in [1.807, 2.05) is 6.07 Å². The lowest BCUT2D eigenvalue weighted by atomic mass is 10.2. The summed E-state index contributed by atoms with van der Waals surface area (Å²) in [5.74, 6) is 0. The molecule has 0 unspecified atom stereocenters. The van der Waals surface area contributed by atoms with Gasteiger partial charge in [-0.1, -0.05) is 6.07 Å². The molecule has 5 heteroatoms. The molecule has 0 saturated carbocycles. The fourth-order valence-corrected chi connectivity index (χ4v) is 2.08. The minimum absolute atomic E-state index is 0.142. The first-order chi connectivity index (χ1) is 6.20. The Hall–Kier alpha value is -1.49. The van der Waals surface area contributed by atoms with Crippen molar-refractivity contribution in [2.24, 2.45) is 0 Å². The van der Waals surface area contributed by atoms with E-state index in [2.05, 4.69) is 4.37 Å². The predicted molar refractivity (Wildman–Crippen MR) is 51.0 cm³/mol. The van der Waals surface area contributed by atoms with E-state index in [4.69, 9.17) is 0 Å². The van der Waals surface area contributed by atoms with E-state index in [-0.39, 0.29) is 10.6 Å². The van der Waals surface area contributed by atoms with E-state index >= 15 is 0 Å². The van der Waals surface area contributed by atoms with E-state index < -0.39 is 0 Å². The van der Waals surface area contributed by atoms with Crippen molar-refractivity contribution in [3.8, 4) is 0 Å². The fraction of sp³-hybridized carbons (Fsp3) is 0.125. The summed E-state index contributed by atoms with van der Waals surface area (Å²) in [4.78, 5) is 10.3. The topological polar surface area (TPSA) is 56.0 Å². The Morgan fingerprint density at radius 3 is 3.00 bits per heavy atom. The number of aromatic nitrogens is 1. The van der Waals surface area contributed by atoms with Gasteiger partial charge in [0.15, 0.2) is 0 Å².